The summed E-state index contributed by atoms with van der Waals surface area (Å²) in [7, 11) is 0. The highest BCUT2D eigenvalue weighted by atomic mass is 16.6. The second kappa shape index (κ2) is 5.29. The Morgan fingerprint density at radius 2 is 1.89 bits per heavy atom. The van der Waals surface area contributed by atoms with Gasteiger partial charge < -0.3 is 15.4 Å². The summed E-state index contributed by atoms with van der Waals surface area (Å²) < 4.78 is 5.58. The second-order valence-electron chi connectivity index (χ2n) is 7.06. The van der Waals surface area contributed by atoms with Crippen LogP contribution in [-0.2, 0) is 4.74 Å². The molecule has 0 aromatic rings. The number of rotatable bonds is 2. The number of nitrogens with one attached hydrogen (secondary N) is 2. The first-order valence-corrected chi connectivity index (χ1v) is 7.23. The normalized spacial score (nSPS) is 32.5. The van der Waals surface area contributed by atoms with E-state index in [1.807, 2.05) is 27.7 Å². The van der Waals surface area contributed by atoms with Crippen molar-refractivity contribution in [1.82, 2.24) is 15.5 Å². The maximum Gasteiger partial charge on any atom is 0.408 e. The first-order valence-electron chi connectivity index (χ1n) is 7.23. The minimum Gasteiger partial charge on any atom is -0.443 e. The Labute approximate surface area is 116 Å². The van der Waals surface area contributed by atoms with Crippen molar-refractivity contribution < 1.29 is 9.53 Å². The Bertz CT molecular complexity index is 326. The van der Waals surface area contributed by atoms with Gasteiger partial charge in [0.2, 0.25) is 0 Å². The molecule has 0 radical (unpaired) electrons. The Balaban J connectivity index is 1.75. The van der Waals surface area contributed by atoms with Crippen molar-refractivity contribution in [2.45, 2.75) is 57.7 Å². The summed E-state index contributed by atoms with van der Waals surface area (Å²) in [6, 6.07) is 0.578. The zero-order valence-electron chi connectivity index (χ0n) is 12.6. The molecule has 1 saturated carbocycles. The van der Waals surface area contributed by atoms with Crippen molar-refractivity contribution in [1.29, 1.82) is 0 Å². The van der Waals surface area contributed by atoms with Crippen LogP contribution in [0.25, 0.3) is 0 Å². The highest BCUT2D eigenvalue weighted by Gasteiger charge is 2.46. The van der Waals surface area contributed by atoms with E-state index in [1.54, 1.807) is 0 Å². The molecular formula is C14H27N3O2. The van der Waals surface area contributed by atoms with Crippen molar-refractivity contribution >= 4 is 6.09 Å². The van der Waals surface area contributed by atoms with Gasteiger partial charge in [0.15, 0.2) is 0 Å². The molecular weight excluding hydrogens is 242 g/mol. The Morgan fingerprint density at radius 3 is 2.42 bits per heavy atom. The van der Waals surface area contributed by atoms with Gasteiger partial charge in [0.1, 0.15) is 5.60 Å². The van der Waals surface area contributed by atoms with Gasteiger partial charge in [0.05, 0.1) is 0 Å². The van der Waals surface area contributed by atoms with Crippen LogP contribution in [0.2, 0.25) is 0 Å². The van der Waals surface area contributed by atoms with Gasteiger partial charge in [0.25, 0.3) is 0 Å². The zero-order valence-corrected chi connectivity index (χ0v) is 12.6. The lowest BCUT2D eigenvalue weighted by Crippen LogP contribution is -2.60. The summed E-state index contributed by atoms with van der Waals surface area (Å²) in [5, 5.41) is 6.21. The van der Waals surface area contributed by atoms with Gasteiger partial charge >= 0.3 is 6.09 Å². The summed E-state index contributed by atoms with van der Waals surface area (Å²) >= 11 is 0. The number of hydrogen-bond donors (Lipinski definition) is 2. The van der Waals surface area contributed by atoms with Crippen molar-refractivity contribution in [2.24, 2.45) is 0 Å². The molecule has 1 amide bonds. The largest absolute Gasteiger partial charge is 0.443 e. The number of nitrogens with zero attached hydrogens (tertiary/aromatic N) is 1. The van der Waals surface area contributed by atoms with Gasteiger partial charge in [-0.05, 0) is 27.7 Å². The number of ether oxygens (including phenoxy) is 1. The molecule has 5 nitrogen and oxygen atoms in total. The molecule has 110 valence electrons. The average Bonchev–Trinajstić information content (AvgIpc) is 2.24. The summed E-state index contributed by atoms with van der Waals surface area (Å²) in [4.78, 5) is 14.3. The van der Waals surface area contributed by atoms with E-state index in [1.165, 1.54) is 0 Å². The quantitative estimate of drug-likeness (QED) is 0.794. The molecule has 2 aliphatic rings. The van der Waals surface area contributed by atoms with Crippen LogP contribution in [0.3, 0.4) is 0 Å². The maximum absolute atomic E-state index is 11.8. The van der Waals surface area contributed by atoms with Crippen molar-refractivity contribution in [2.75, 3.05) is 26.2 Å². The van der Waals surface area contributed by atoms with Crippen LogP contribution in [0, 0.1) is 0 Å². The molecule has 1 saturated heterocycles. The number of amides is 1. The Hall–Kier alpha value is -0.810. The number of piperazine rings is 1. The smallest absolute Gasteiger partial charge is 0.408 e. The van der Waals surface area contributed by atoms with Crippen LogP contribution >= 0.6 is 0 Å². The van der Waals surface area contributed by atoms with Gasteiger partial charge in [-0.3, -0.25) is 4.90 Å². The minimum absolute atomic E-state index is 0.241. The summed E-state index contributed by atoms with van der Waals surface area (Å²) in [5.41, 5.74) is -0.528. The van der Waals surface area contributed by atoms with Gasteiger partial charge in [-0.25, -0.2) is 4.79 Å². The van der Waals surface area contributed by atoms with E-state index in [9.17, 15) is 4.79 Å². The third kappa shape index (κ3) is 4.08. The van der Waals surface area contributed by atoms with Crippen molar-refractivity contribution in [3.63, 3.8) is 0 Å². The predicted molar refractivity (Wildman–Crippen MR) is 75.2 cm³/mol. The topological polar surface area (TPSA) is 53.6 Å². The number of carbonyl (C=O) groups excluding carboxylic acids is 1. The molecule has 0 atom stereocenters. The zero-order chi connectivity index (χ0) is 14.1. The van der Waals surface area contributed by atoms with E-state index in [2.05, 4.69) is 15.5 Å². The molecule has 1 heterocycles. The summed E-state index contributed by atoms with van der Waals surface area (Å²) in [6.07, 6.45) is 1.60. The molecule has 2 N–H and O–H groups in total. The Kier molecular flexibility index (Phi) is 4.06. The van der Waals surface area contributed by atoms with Crippen LogP contribution in [0.4, 0.5) is 4.79 Å². The fraction of sp³-hybridized carbons (Fsp3) is 0.929. The van der Waals surface area contributed by atoms with Crippen LogP contribution in [0.1, 0.15) is 40.5 Å². The third-order valence-electron chi connectivity index (χ3n) is 3.82. The van der Waals surface area contributed by atoms with E-state index in [-0.39, 0.29) is 17.2 Å². The van der Waals surface area contributed by atoms with Crippen LogP contribution in [0.15, 0.2) is 0 Å². The van der Waals surface area contributed by atoms with Crippen molar-refractivity contribution in [3.8, 4) is 0 Å². The molecule has 5 heteroatoms. The van der Waals surface area contributed by atoms with E-state index in [4.69, 9.17) is 4.74 Å². The number of hydrogen-bond acceptors (Lipinski definition) is 4. The predicted octanol–water partition coefficient (Wildman–Crippen LogP) is 1.34. The first kappa shape index (κ1) is 14.6. The fourth-order valence-electron chi connectivity index (χ4n) is 2.88. The molecule has 0 aromatic carbocycles. The van der Waals surface area contributed by atoms with E-state index in [0.717, 1.165) is 39.0 Å². The molecule has 1 aliphatic heterocycles. The van der Waals surface area contributed by atoms with E-state index < -0.39 is 0 Å². The molecule has 2 rings (SSSR count). The van der Waals surface area contributed by atoms with Crippen LogP contribution in [-0.4, -0.2) is 54.4 Å². The standard InChI is InChI=1S/C14H27N3O2/c1-13(2,3)16-12(18)19-14(4)9-11(10-14)17-7-5-15-6-8-17/h11,15H,5-10H2,1-4H3,(H,16,18). The first-order chi connectivity index (χ1) is 8.77. The molecule has 0 bridgehead atoms. The van der Waals surface area contributed by atoms with Gasteiger partial charge in [-0.2, -0.15) is 0 Å². The van der Waals surface area contributed by atoms with Crippen LogP contribution < -0.4 is 10.6 Å². The van der Waals surface area contributed by atoms with E-state index in [0.29, 0.717) is 6.04 Å². The summed E-state index contributed by atoms with van der Waals surface area (Å²) in [6.45, 7) is 12.3. The lowest BCUT2D eigenvalue weighted by atomic mass is 9.76. The lowest BCUT2D eigenvalue weighted by Gasteiger charge is -2.50. The van der Waals surface area contributed by atoms with Gasteiger partial charge in [-0.15, -0.1) is 0 Å². The molecule has 0 aromatic heterocycles. The van der Waals surface area contributed by atoms with E-state index >= 15 is 0 Å². The number of alkyl carbamates (subject to hydrolysis) is 1. The number of carbonyl (C=O) groups is 1. The SMILES string of the molecule is CC(C)(C)NC(=O)OC1(C)CC(N2CCNCC2)C1. The molecule has 2 fully saturated rings. The minimum atomic E-state index is -0.297. The highest BCUT2D eigenvalue weighted by Crippen LogP contribution is 2.38. The molecule has 19 heavy (non-hydrogen) atoms. The fourth-order valence-corrected chi connectivity index (χ4v) is 2.88. The third-order valence-corrected chi connectivity index (χ3v) is 3.82. The maximum atomic E-state index is 11.8. The molecule has 0 unspecified atom stereocenters. The van der Waals surface area contributed by atoms with Crippen molar-refractivity contribution in [3.05, 3.63) is 0 Å². The monoisotopic (exact) mass is 269 g/mol. The van der Waals surface area contributed by atoms with Crippen LogP contribution in [0.5, 0.6) is 0 Å². The Morgan fingerprint density at radius 1 is 1.32 bits per heavy atom. The molecule has 0 spiro atoms. The summed E-state index contributed by atoms with van der Waals surface area (Å²) in [5.74, 6) is 0. The van der Waals surface area contributed by atoms with Gasteiger partial charge in [0, 0.05) is 50.6 Å². The van der Waals surface area contributed by atoms with Gasteiger partial charge in [-0.1, -0.05) is 0 Å². The highest BCUT2D eigenvalue weighted by molar-refractivity contribution is 5.68. The average molecular weight is 269 g/mol. The molecule has 1 aliphatic carbocycles. The second-order valence-corrected chi connectivity index (χ2v) is 7.06. The lowest BCUT2D eigenvalue weighted by molar-refractivity contribution is -0.0878.